The summed E-state index contributed by atoms with van der Waals surface area (Å²) in [6.07, 6.45) is 7.86. The first-order valence-electron chi connectivity index (χ1n) is 4.51. The van der Waals surface area contributed by atoms with Gasteiger partial charge in [-0.3, -0.25) is 4.99 Å². The largest absolute Gasteiger partial charge is 0.350 e. The number of nitrogens with one attached hydrogen (secondary N) is 1. The van der Waals surface area contributed by atoms with Gasteiger partial charge in [0.25, 0.3) is 0 Å². The van der Waals surface area contributed by atoms with Crippen molar-refractivity contribution in [2.24, 2.45) is 16.6 Å². The standard InChI is InChI=1S/C10H19N3/c1-4-6-9(3)10(13-8-11)12-7-5-2/h4-7,9H,8,11H2,1-3H3,(H,12,13)/b6-4?,7-5-/t9-/m0/s1. The Morgan fingerprint density at radius 1 is 1.46 bits per heavy atom. The van der Waals surface area contributed by atoms with Crippen LogP contribution in [-0.2, 0) is 0 Å². The fraction of sp³-hybridized carbons (Fsp3) is 0.500. The Bertz CT molecular complexity index is 204. The SMILES string of the molecule is CC=C[C@H](C)C(=NCN)N/C=C\C. The number of allylic oxidation sites excluding steroid dienone is 2. The molecule has 0 aliphatic heterocycles. The number of hydrogen-bond acceptors (Lipinski definition) is 2. The van der Waals surface area contributed by atoms with Gasteiger partial charge in [0, 0.05) is 5.92 Å². The molecule has 0 aromatic rings. The van der Waals surface area contributed by atoms with Gasteiger partial charge in [-0.25, -0.2) is 0 Å². The van der Waals surface area contributed by atoms with E-state index in [1.807, 2.05) is 32.2 Å². The number of amidine groups is 1. The molecule has 0 rings (SSSR count). The molecule has 74 valence electrons. The van der Waals surface area contributed by atoms with E-state index in [9.17, 15) is 0 Å². The normalized spacial score (nSPS) is 15.5. The highest BCUT2D eigenvalue weighted by atomic mass is 15.0. The fourth-order valence-corrected chi connectivity index (χ4v) is 0.968. The van der Waals surface area contributed by atoms with E-state index in [1.165, 1.54) is 0 Å². The number of aliphatic imine (C=N–C) groups is 1. The van der Waals surface area contributed by atoms with Crippen molar-refractivity contribution < 1.29 is 0 Å². The third kappa shape index (κ3) is 5.20. The molecule has 0 bridgehead atoms. The summed E-state index contributed by atoms with van der Waals surface area (Å²) in [5.41, 5.74) is 5.36. The molecule has 3 heteroatoms. The smallest absolute Gasteiger partial charge is 0.108 e. The molecule has 0 heterocycles. The molecule has 0 fully saturated rings. The highest BCUT2D eigenvalue weighted by Gasteiger charge is 2.03. The zero-order valence-corrected chi connectivity index (χ0v) is 8.62. The van der Waals surface area contributed by atoms with Gasteiger partial charge in [-0.15, -0.1) is 0 Å². The van der Waals surface area contributed by atoms with Crippen molar-refractivity contribution in [3.8, 4) is 0 Å². The molecular weight excluding hydrogens is 162 g/mol. The first-order chi connectivity index (χ1) is 6.26. The summed E-state index contributed by atoms with van der Waals surface area (Å²) in [7, 11) is 0. The van der Waals surface area contributed by atoms with Gasteiger partial charge in [0.15, 0.2) is 0 Å². The van der Waals surface area contributed by atoms with Crippen LogP contribution in [0.1, 0.15) is 20.8 Å². The Morgan fingerprint density at radius 2 is 2.15 bits per heavy atom. The average molecular weight is 181 g/mol. The molecule has 0 aromatic heterocycles. The second-order valence-electron chi connectivity index (χ2n) is 2.68. The Labute approximate surface area is 80.4 Å². The van der Waals surface area contributed by atoms with Gasteiger partial charge in [-0.1, -0.05) is 25.2 Å². The number of rotatable bonds is 4. The van der Waals surface area contributed by atoms with Gasteiger partial charge in [-0.2, -0.15) is 0 Å². The van der Waals surface area contributed by atoms with Crippen LogP contribution in [0, 0.1) is 5.92 Å². The molecule has 3 nitrogen and oxygen atoms in total. The first kappa shape index (κ1) is 11.9. The fourth-order valence-electron chi connectivity index (χ4n) is 0.968. The minimum absolute atomic E-state index is 0.282. The molecular formula is C10H19N3. The van der Waals surface area contributed by atoms with E-state index in [4.69, 9.17) is 5.73 Å². The van der Waals surface area contributed by atoms with Crippen LogP contribution in [0.25, 0.3) is 0 Å². The van der Waals surface area contributed by atoms with Crippen LogP contribution in [0.15, 0.2) is 29.4 Å². The van der Waals surface area contributed by atoms with Gasteiger partial charge in [0.2, 0.25) is 0 Å². The molecule has 0 spiro atoms. The highest BCUT2D eigenvalue weighted by Crippen LogP contribution is 1.99. The van der Waals surface area contributed by atoms with Crippen molar-refractivity contribution in [2.75, 3.05) is 6.67 Å². The second kappa shape index (κ2) is 7.55. The molecule has 0 amide bonds. The monoisotopic (exact) mass is 181 g/mol. The van der Waals surface area contributed by atoms with Crippen LogP contribution in [0.3, 0.4) is 0 Å². The van der Waals surface area contributed by atoms with Gasteiger partial charge in [-0.05, 0) is 20.0 Å². The Morgan fingerprint density at radius 3 is 2.62 bits per heavy atom. The Balaban J connectivity index is 4.32. The maximum atomic E-state index is 5.36. The summed E-state index contributed by atoms with van der Waals surface area (Å²) in [5.74, 6) is 1.18. The molecule has 0 aromatic carbocycles. The van der Waals surface area contributed by atoms with Gasteiger partial charge < -0.3 is 11.1 Å². The molecule has 1 atom stereocenters. The lowest BCUT2D eigenvalue weighted by Gasteiger charge is -2.10. The van der Waals surface area contributed by atoms with Crippen LogP contribution in [0.5, 0.6) is 0 Å². The van der Waals surface area contributed by atoms with Crippen LogP contribution >= 0.6 is 0 Å². The van der Waals surface area contributed by atoms with Crippen LogP contribution in [0.4, 0.5) is 0 Å². The van der Waals surface area contributed by atoms with Gasteiger partial charge in [0.05, 0.1) is 6.67 Å². The molecule has 0 aliphatic carbocycles. The third-order valence-electron chi connectivity index (χ3n) is 1.57. The van der Waals surface area contributed by atoms with Crippen LogP contribution < -0.4 is 11.1 Å². The third-order valence-corrected chi connectivity index (χ3v) is 1.57. The number of hydrogen-bond donors (Lipinski definition) is 2. The molecule has 0 unspecified atom stereocenters. The molecule has 0 radical (unpaired) electrons. The first-order valence-corrected chi connectivity index (χ1v) is 4.51. The summed E-state index contributed by atoms with van der Waals surface area (Å²) in [5, 5.41) is 3.09. The number of nitrogens with two attached hydrogens (primary N) is 1. The molecule has 0 saturated carbocycles. The van der Waals surface area contributed by atoms with E-state index in [-0.39, 0.29) is 5.92 Å². The van der Waals surface area contributed by atoms with Gasteiger partial charge in [0.1, 0.15) is 5.84 Å². The van der Waals surface area contributed by atoms with Crippen molar-refractivity contribution in [3.05, 3.63) is 24.4 Å². The second-order valence-corrected chi connectivity index (χ2v) is 2.68. The topological polar surface area (TPSA) is 50.4 Å². The van der Waals surface area contributed by atoms with Crippen molar-refractivity contribution in [2.45, 2.75) is 20.8 Å². The summed E-state index contributed by atoms with van der Waals surface area (Å²) in [6, 6.07) is 0. The predicted octanol–water partition coefficient (Wildman–Crippen LogP) is 1.64. The lowest BCUT2D eigenvalue weighted by Crippen LogP contribution is -2.25. The van der Waals surface area contributed by atoms with Crippen molar-refractivity contribution >= 4 is 5.84 Å². The maximum absolute atomic E-state index is 5.36. The van der Waals surface area contributed by atoms with Crippen molar-refractivity contribution in [3.63, 3.8) is 0 Å². The van der Waals surface area contributed by atoms with E-state index >= 15 is 0 Å². The van der Waals surface area contributed by atoms with E-state index in [1.54, 1.807) is 0 Å². The predicted molar refractivity (Wildman–Crippen MR) is 58.4 cm³/mol. The van der Waals surface area contributed by atoms with Crippen molar-refractivity contribution in [1.82, 2.24) is 5.32 Å². The highest BCUT2D eigenvalue weighted by molar-refractivity contribution is 5.86. The quantitative estimate of drug-likeness (QED) is 0.393. The van der Waals surface area contributed by atoms with E-state index in [0.29, 0.717) is 6.67 Å². The summed E-state index contributed by atoms with van der Waals surface area (Å²) in [4.78, 5) is 4.16. The Kier molecular flexibility index (Phi) is 6.92. The van der Waals surface area contributed by atoms with Crippen molar-refractivity contribution in [1.29, 1.82) is 0 Å². The molecule has 13 heavy (non-hydrogen) atoms. The maximum Gasteiger partial charge on any atom is 0.108 e. The van der Waals surface area contributed by atoms with Gasteiger partial charge >= 0.3 is 0 Å². The van der Waals surface area contributed by atoms with E-state index < -0.39 is 0 Å². The zero-order valence-electron chi connectivity index (χ0n) is 8.62. The zero-order chi connectivity index (χ0) is 10.1. The van der Waals surface area contributed by atoms with Crippen LogP contribution in [-0.4, -0.2) is 12.5 Å². The minimum Gasteiger partial charge on any atom is -0.350 e. The number of nitrogens with zero attached hydrogens (tertiary/aromatic N) is 1. The average Bonchev–Trinajstić information content (AvgIpc) is 2.12. The lowest BCUT2D eigenvalue weighted by atomic mass is 10.1. The van der Waals surface area contributed by atoms with E-state index in [2.05, 4.69) is 23.3 Å². The molecule has 0 aliphatic rings. The summed E-state index contributed by atoms with van der Waals surface area (Å²) < 4.78 is 0. The Hall–Kier alpha value is -1.09. The van der Waals surface area contributed by atoms with E-state index in [0.717, 1.165) is 5.84 Å². The molecule has 0 saturated heterocycles. The lowest BCUT2D eigenvalue weighted by molar-refractivity contribution is 0.908. The molecule has 3 N–H and O–H groups in total. The minimum atomic E-state index is 0.282. The van der Waals surface area contributed by atoms with Crippen LogP contribution in [0.2, 0.25) is 0 Å². The summed E-state index contributed by atoms with van der Waals surface area (Å²) in [6.45, 7) is 6.34. The summed E-state index contributed by atoms with van der Waals surface area (Å²) >= 11 is 0.